The Kier molecular flexibility index (Phi) is 7.07. The molecule has 0 bridgehead atoms. The van der Waals surface area contributed by atoms with Gasteiger partial charge in [0.25, 0.3) is 0 Å². The Bertz CT molecular complexity index is 524. The largest absolute Gasteiger partial charge is 0.355 e. The van der Waals surface area contributed by atoms with Crippen molar-refractivity contribution in [3.8, 4) is 0 Å². The van der Waals surface area contributed by atoms with Crippen molar-refractivity contribution in [3.05, 3.63) is 29.8 Å². The van der Waals surface area contributed by atoms with Gasteiger partial charge in [0.15, 0.2) is 0 Å². The Morgan fingerprint density at radius 1 is 1.23 bits per heavy atom. The van der Waals surface area contributed by atoms with E-state index in [9.17, 15) is 9.59 Å². The first-order valence-electron chi connectivity index (χ1n) is 7.55. The molecule has 0 fully saturated rings. The molecule has 1 aromatic rings. The van der Waals surface area contributed by atoms with Crippen molar-refractivity contribution in [3.63, 3.8) is 0 Å². The summed E-state index contributed by atoms with van der Waals surface area (Å²) < 4.78 is 0. The Hall–Kier alpha value is -1.36. The van der Waals surface area contributed by atoms with Gasteiger partial charge in [0.05, 0.1) is 4.83 Å². The average Bonchev–Trinajstić information content (AvgIpc) is 2.45. The van der Waals surface area contributed by atoms with E-state index in [0.717, 1.165) is 17.7 Å². The van der Waals surface area contributed by atoms with E-state index in [4.69, 9.17) is 0 Å². The first-order valence-corrected chi connectivity index (χ1v) is 8.46. The Labute approximate surface area is 141 Å². The van der Waals surface area contributed by atoms with E-state index < -0.39 is 0 Å². The molecule has 0 saturated heterocycles. The molecule has 0 spiro atoms. The monoisotopic (exact) mass is 368 g/mol. The number of carbonyl (C=O) groups is 2. The van der Waals surface area contributed by atoms with Gasteiger partial charge in [-0.3, -0.25) is 9.59 Å². The summed E-state index contributed by atoms with van der Waals surface area (Å²) in [6.07, 6.45) is 1.12. The maximum Gasteiger partial charge on any atom is 0.234 e. The van der Waals surface area contributed by atoms with Crippen LogP contribution in [0.15, 0.2) is 24.3 Å². The number of rotatable bonds is 6. The first kappa shape index (κ1) is 18.7. The van der Waals surface area contributed by atoms with E-state index in [1.807, 2.05) is 52.0 Å². The molecular weight excluding hydrogens is 344 g/mol. The lowest BCUT2D eigenvalue weighted by molar-refractivity contribution is -0.122. The van der Waals surface area contributed by atoms with E-state index in [0.29, 0.717) is 6.54 Å². The Balaban J connectivity index is 2.43. The quantitative estimate of drug-likeness (QED) is 0.754. The maximum absolute atomic E-state index is 12.0. The Morgan fingerprint density at radius 3 is 2.45 bits per heavy atom. The lowest BCUT2D eigenvalue weighted by Crippen LogP contribution is -2.39. The highest BCUT2D eigenvalue weighted by Crippen LogP contribution is 2.25. The van der Waals surface area contributed by atoms with Gasteiger partial charge in [-0.25, -0.2) is 0 Å². The predicted octanol–water partition coefficient (Wildman–Crippen LogP) is 3.50. The van der Waals surface area contributed by atoms with Crippen molar-refractivity contribution in [2.24, 2.45) is 5.41 Å². The molecule has 2 amide bonds. The van der Waals surface area contributed by atoms with Crippen LogP contribution >= 0.6 is 15.9 Å². The molecule has 0 radical (unpaired) electrons. The summed E-state index contributed by atoms with van der Waals surface area (Å²) in [5.41, 5.74) is 1.79. The van der Waals surface area contributed by atoms with Crippen LogP contribution in [0.1, 0.15) is 39.7 Å². The standard InChI is InChI=1S/C17H25BrN2O2/c1-5-12-8-6-7-9-13(12)20-14(21)10-11-19-16(22)15(18)17(2,3)4/h6-9,15H,5,10-11H2,1-4H3,(H,19,22)(H,20,21)/t15-/m0/s1. The molecule has 0 saturated carbocycles. The van der Waals surface area contributed by atoms with Gasteiger partial charge in [0.1, 0.15) is 0 Å². The number of nitrogens with one attached hydrogen (secondary N) is 2. The molecular formula is C17H25BrN2O2. The Morgan fingerprint density at radius 2 is 1.86 bits per heavy atom. The zero-order chi connectivity index (χ0) is 16.8. The van der Waals surface area contributed by atoms with Crippen LogP contribution in [-0.4, -0.2) is 23.2 Å². The fourth-order valence-corrected chi connectivity index (χ4v) is 2.11. The van der Waals surface area contributed by atoms with Crippen LogP contribution in [0.2, 0.25) is 0 Å². The number of para-hydroxylation sites is 1. The topological polar surface area (TPSA) is 58.2 Å². The van der Waals surface area contributed by atoms with E-state index in [-0.39, 0.29) is 28.5 Å². The van der Waals surface area contributed by atoms with Gasteiger partial charge in [-0.15, -0.1) is 0 Å². The molecule has 22 heavy (non-hydrogen) atoms. The third-order valence-corrected chi connectivity index (χ3v) is 5.10. The number of amides is 2. The van der Waals surface area contributed by atoms with Crippen LogP contribution in [0.3, 0.4) is 0 Å². The highest BCUT2D eigenvalue weighted by atomic mass is 79.9. The van der Waals surface area contributed by atoms with Gasteiger partial charge in [-0.1, -0.05) is 61.8 Å². The van der Waals surface area contributed by atoms with E-state index >= 15 is 0 Å². The van der Waals surface area contributed by atoms with Crippen molar-refractivity contribution < 1.29 is 9.59 Å². The molecule has 0 unspecified atom stereocenters. The predicted molar refractivity (Wildman–Crippen MR) is 94.2 cm³/mol. The minimum Gasteiger partial charge on any atom is -0.355 e. The molecule has 1 rings (SSSR count). The van der Waals surface area contributed by atoms with E-state index in [1.54, 1.807) is 0 Å². The molecule has 1 atom stereocenters. The summed E-state index contributed by atoms with van der Waals surface area (Å²) >= 11 is 3.39. The summed E-state index contributed by atoms with van der Waals surface area (Å²) in [4.78, 5) is 23.6. The summed E-state index contributed by atoms with van der Waals surface area (Å²) in [5.74, 6) is -0.183. The van der Waals surface area contributed by atoms with Crippen LogP contribution < -0.4 is 10.6 Å². The lowest BCUT2D eigenvalue weighted by Gasteiger charge is -2.24. The highest BCUT2D eigenvalue weighted by Gasteiger charge is 2.28. The molecule has 1 aromatic carbocycles. The number of anilines is 1. The number of hydrogen-bond acceptors (Lipinski definition) is 2. The van der Waals surface area contributed by atoms with Crippen LogP contribution in [0.25, 0.3) is 0 Å². The number of halogens is 1. The van der Waals surface area contributed by atoms with E-state index in [2.05, 4.69) is 26.6 Å². The third kappa shape index (κ3) is 5.79. The van der Waals surface area contributed by atoms with Crippen molar-refractivity contribution in [2.45, 2.75) is 45.4 Å². The molecule has 0 aromatic heterocycles. The molecule has 5 heteroatoms. The van der Waals surface area contributed by atoms with Gasteiger partial charge in [0.2, 0.25) is 11.8 Å². The number of benzene rings is 1. The lowest BCUT2D eigenvalue weighted by atomic mass is 9.92. The molecule has 0 heterocycles. The van der Waals surface area contributed by atoms with Crippen LogP contribution in [-0.2, 0) is 16.0 Å². The molecule has 0 aliphatic carbocycles. The van der Waals surface area contributed by atoms with Gasteiger partial charge in [-0.2, -0.15) is 0 Å². The van der Waals surface area contributed by atoms with Crippen LogP contribution in [0, 0.1) is 5.41 Å². The number of aryl methyl sites for hydroxylation is 1. The molecule has 4 nitrogen and oxygen atoms in total. The minimum absolute atomic E-state index is 0.0886. The van der Waals surface area contributed by atoms with Gasteiger partial charge >= 0.3 is 0 Å². The van der Waals surface area contributed by atoms with Gasteiger partial charge in [0, 0.05) is 18.7 Å². The number of alkyl halides is 1. The average molecular weight is 369 g/mol. The summed E-state index contributed by atoms with van der Waals surface area (Å²) in [6.45, 7) is 8.34. The second kappa shape index (κ2) is 8.32. The summed E-state index contributed by atoms with van der Waals surface area (Å²) in [7, 11) is 0. The fourth-order valence-electron chi connectivity index (χ4n) is 1.95. The molecule has 0 aliphatic rings. The van der Waals surface area contributed by atoms with Crippen molar-refractivity contribution in [1.29, 1.82) is 0 Å². The van der Waals surface area contributed by atoms with Crippen LogP contribution in [0.5, 0.6) is 0 Å². The highest BCUT2D eigenvalue weighted by molar-refractivity contribution is 9.10. The normalized spacial score (nSPS) is 12.6. The van der Waals surface area contributed by atoms with Gasteiger partial charge < -0.3 is 10.6 Å². The van der Waals surface area contributed by atoms with Crippen molar-refractivity contribution in [2.75, 3.05) is 11.9 Å². The first-order chi connectivity index (χ1) is 10.3. The molecule has 0 aliphatic heterocycles. The number of hydrogen-bond donors (Lipinski definition) is 2. The smallest absolute Gasteiger partial charge is 0.234 e. The maximum atomic E-state index is 12.0. The van der Waals surface area contributed by atoms with Crippen molar-refractivity contribution in [1.82, 2.24) is 5.32 Å². The number of carbonyl (C=O) groups excluding carboxylic acids is 2. The minimum atomic E-state index is -0.274. The van der Waals surface area contributed by atoms with Crippen molar-refractivity contribution >= 4 is 33.4 Å². The van der Waals surface area contributed by atoms with Crippen LogP contribution in [0.4, 0.5) is 5.69 Å². The zero-order valence-electron chi connectivity index (χ0n) is 13.7. The molecule has 2 N–H and O–H groups in total. The summed E-state index contributed by atoms with van der Waals surface area (Å²) in [6, 6.07) is 7.74. The zero-order valence-corrected chi connectivity index (χ0v) is 15.3. The molecule has 122 valence electrons. The fraction of sp³-hybridized carbons (Fsp3) is 0.529. The van der Waals surface area contributed by atoms with E-state index in [1.165, 1.54) is 0 Å². The SMILES string of the molecule is CCc1ccccc1NC(=O)CCNC(=O)[C@H](Br)C(C)(C)C. The second-order valence-electron chi connectivity index (χ2n) is 6.33. The van der Waals surface area contributed by atoms with Gasteiger partial charge in [-0.05, 0) is 23.5 Å². The third-order valence-electron chi connectivity index (χ3n) is 3.31. The second-order valence-corrected chi connectivity index (χ2v) is 7.24. The summed E-state index contributed by atoms with van der Waals surface area (Å²) in [5, 5.41) is 5.68.